The number of aromatic hydroxyl groups is 1. The van der Waals surface area contributed by atoms with Crippen molar-refractivity contribution < 1.29 is 15.0 Å². The van der Waals surface area contributed by atoms with E-state index in [4.69, 9.17) is 22.1 Å². The van der Waals surface area contributed by atoms with Gasteiger partial charge in [-0.25, -0.2) is 4.79 Å². The minimum Gasteiger partial charge on any atom is -0.504 e. The first-order chi connectivity index (χ1) is 10.4. The first kappa shape index (κ1) is 14.6. The Kier molecular flexibility index (Phi) is 3.41. The fraction of sp³-hybridized carbons (Fsp3) is 0.267. The van der Waals surface area contributed by atoms with Gasteiger partial charge in [0.05, 0.1) is 12.7 Å². The molecule has 0 saturated heterocycles. The maximum absolute atomic E-state index is 11.1. The summed E-state index contributed by atoms with van der Waals surface area (Å²) in [5, 5.41) is 30.4. The molecule has 0 atom stereocenters. The number of rotatable bonds is 4. The fourth-order valence-electron chi connectivity index (χ4n) is 2.57. The number of benzene rings is 1. The van der Waals surface area contributed by atoms with Gasteiger partial charge in [-0.15, -0.1) is 0 Å². The first-order valence-electron chi connectivity index (χ1n) is 6.76. The summed E-state index contributed by atoms with van der Waals surface area (Å²) in [4.78, 5) is 11.1. The van der Waals surface area contributed by atoms with E-state index in [-0.39, 0.29) is 11.2 Å². The minimum absolute atomic E-state index is 0.117. The highest BCUT2D eigenvalue weighted by Gasteiger charge is 2.44. The number of hydrogen-bond donors (Lipinski definition) is 3. The van der Waals surface area contributed by atoms with Crippen LogP contribution < -0.4 is 5.36 Å². The van der Waals surface area contributed by atoms with Crippen molar-refractivity contribution in [2.24, 2.45) is 0 Å². The number of aromatic nitrogens is 2. The van der Waals surface area contributed by atoms with E-state index in [0.29, 0.717) is 11.6 Å². The Bertz CT molecular complexity index is 795. The van der Waals surface area contributed by atoms with Crippen molar-refractivity contribution in [2.45, 2.75) is 24.8 Å². The summed E-state index contributed by atoms with van der Waals surface area (Å²) >= 11 is 5.90. The highest BCUT2D eigenvalue weighted by atomic mass is 35.5. The number of carboxylic acids is 1. The summed E-state index contributed by atoms with van der Waals surface area (Å²) in [7, 11) is 0. The molecular weight excluding hydrogens is 306 g/mol. The van der Waals surface area contributed by atoms with Crippen LogP contribution in [-0.4, -0.2) is 26.0 Å². The molecule has 3 rings (SSSR count). The van der Waals surface area contributed by atoms with Gasteiger partial charge >= 0.3 is 5.97 Å². The number of nitrogens with zero attached hydrogens (tertiary/aromatic N) is 2. The Balaban J connectivity index is 1.95. The molecule has 1 aromatic carbocycles. The number of carbonyl (C=O) groups is 1. The summed E-state index contributed by atoms with van der Waals surface area (Å²) < 4.78 is 1.40. The number of nitrogens with one attached hydrogen (secondary N) is 1. The van der Waals surface area contributed by atoms with Gasteiger partial charge in [0.2, 0.25) is 0 Å². The van der Waals surface area contributed by atoms with Gasteiger partial charge < -0.3 is 10.2 Å². The van der Waals surface area contributed by atoms with Crippen LogP contribution in [0.25, 0.3) is 0 Å². The monoisotopic (exact) mass is 319 g/mol. The van der Waals surface area contributed by atoms with Crippen LogP contribution in [0.4, 0.5) is 0 Å². The Morgan fingerprint density at radius 2 is 2.00 bits per heavy atom. The molecule has 114 valence electrons. The quantitative estimate of drug-likeness (QED) is 0.804. The predicted molar refractivity (Wildman–Crippen MR) is 79.1 cm³/mol. The molecule has 1 aromatic heterocycles. The van der Waals surface area contributed by atoms with Crippen molar-refractivity contribution in [3.63, 3.8) is 0 Å². The Hall–Kier alpha value is -2.34. The average Bonchev–Trinajstić information content (AvgIpc) is 3.24. The van der Waals surface area contributed by atoms with Gasteiger partial charge in [-0.2, -0.15) is 5.10 Å². The zero-order chi connectivity index (χ0) is 15.9. The van der Waals surface area contributed by atoms with E-state index in [1.165, 1.54) is 10.9 Å². The molecule has 1 fully saturated rings. The number of hydrogen-bond acceptors (Lipinski definition) is 4. The normalized spacial score (nSPS) is 15.5. The molecule has 0 bridgehead atoms. The zero-order valence-electron chi connectivity index (χ0n) is 11.6. The van der Waals surface area contributed by atoms with Crippen molar-refractivity contribution in [3.8, 4) is 5.75 Å². The van der Waals surface area contributed by atoms with Gasteiger partial charge in [-0.1, -0.05) is 23.7 Å². The Morgan fingerprint density at radius 3 is 2.55 bits per heavy atom. The zero-order valence-corrected chi connectivity index (χ0v) is 12.3. The molecule has 22 heavy (non-hydrogen) atoms. The van der Waals surface area contributed by atoms with E-state index in [2.05, 4.69) is 5.10 Å². The van der Waals surface area contributed by atoms with E-state index in [0.717, 1.165) is 18.4 Å². The van der Waals surface area contributed by atoms with Gasteiger partial charge in [-0.05, 0) is 30.5 Å². The van der Waals surface area contributed by atoms with Gasteiger partial charge in [0, 0.05) is 10.4 Å². The van der Waals surface area contributed by atoms with Crippen molar-refractivity contribution in [1.29, 1.82) is 5.41 Å². The fourth-order valence-corrected chi connectivity index (χ4v) is 2.69. The van der Waals surface area contributed by atoms with Crippen molar-refractivity contribution in [3.05, 3.63) is 52.1 Å². The molecular formula is C15H14ClN3O3. The second kappa shape index (κ2) is 5.14. The Morgan fingerprint density at radius 1 is 1.36 bits per heavy atom. The molecule has 1 aliphatic carbocycles. The first-order valence-corrected chi connectivity index (χ1v) is 7.14. The molecule has 0 aliphatic heterocycles. The Labute approximate surface area is 131 Å². The second-order valence-corrected chi connectivity index (χ2v) is 5.96. The van der Waals surface area contributed by atoms with E-state index >= 15 is 0 Å². The third-order valence-electron chi connectivity index (χ3n) is 3.97. The molecule has 0 amide bonds. The maximum atomic E-state index is 11.1. The molecule has 1 heterocycles. The lowest BCUT2D eigenvalue weighted by Gasteiger charge is -2.17. The van der Waals surface area contributed by atoms with Crippen LogP contribution >= 0.6 is 11.6 Å². The molecule has 1 saturated carbocycles. The third kappa shape index (κ3) is 2.57. The van der Waals surface area contributed by atoms with Gasteiger partial charge in [0.15, 0.2) is 11.4 Å². The summed E-state index contributed by atoms with van der Waals surface area (Å²) in [5.74, 6) is -1.72. The minimum atomic E-state index is -1.33. The van der Waals surface area contributed by atoms with Crippen molar-refractivity contribution in [2.75, 3.05) is 0 Å². The number of halogens is 1. The molecule has 3 N–H and O–H groups in total. The second-order valence-electron chi connectivity index (χ2n) is 5.53. The summed E-state index contributed by atoms with van der Waals surface area (Å²) in [6, 6.07) is 7.55. The van der Waals surface area contributed by atoms with Crippen molar-refractivity contribution >= 4 is 17.6 Å². The smallest absolute Gasteiger partial charge is 0.358 e. The van der Waals surface area contributed by atoms with Gasteiger partial charge in [0.1, 0.15) is 5.36 Å². The highest BCUT2D eigenvalue weighted by Crippen LogP contribution is 2.49. The third-order valence-corrected chi connectivity index (χ3v) is 4.22. The lowest BCUT2D eigenvalue weighted by Crippen LogP contribution is -2.25. The van der Waals surface area contributed by atoms with Crippen LogP contribution in [0.3, 0.4) is 0 Å². The number of aromatic carboxylic acids is 1. The largest absolute Gasteiger partial charge is 0.504 e. The predicted octanol–water partition coefficient (Wildman–Crippen LogP) is 2.15. The molecule has 1 aliphatic rings. The lowest BCUT2D eigenvalue weighted by atomic mass is 9.96. The molecule has 0 unspecified atom stereocenters. The van der Waals surface area contributed by atoms with E-state index < -0.39 is 17.0 Å². The standard InChI is InChI=1S/C15H14ClN3O3/c16-10-3-1-9(2-4-10)15(5-6-15)8-19-7-11(20)12(17)13(18-19)14(21)22/h1-4,7,17,20H,5-6,8H2,(H,21,22). The van der Waals surface area contributed by atoms with Gasteiger partial charge in [0.25, 0.3) is 0 Å². The van der Waals surface area contributed by atoms with Crippen LogP contribution in [0.1, 0.15) is 28.9 Å². The summed E-state index contributed by atoms with van der Waals surface area (Å²) in [6.07, 6.45) is 3.20. The summed E-state index contributed by atoms with van der Waals surface area (Å²) in [5.41, 5.74) is 0.540. The van der Waals surface area contributed by atoms with Crippen LogP contribution in [-0.2, 0) is 12.0 Å². The van der Waals surface area contributed by atoms with Crippen molar-refractivity contribution in [1.82, 2.24) is 9.78 Å². The van der Waals surface area contributed by atoms with E-state index in [1.807, 2.05) is 24.3 Å². The van der Waals surface area contributed by atoms with Crippen LogP contribution in [0.2, 0.25) is 5.02 Å². The van der Waals surface area contributed by atoms with Crippen LogP contribution in [0.15, 0.2) is 30.5 Å². The van der Waals surface area contributed by atoms with E-state index in [1.54, 1.807) is 0 Å². The molecule has 7 heteroatoms. The molecule has 0 spiro atoms. The summed E-state index contributed by atoms with van der Waals surface area (Å²) in [6.45, 7) is 0.447. The molecule has 2 aromatic rings. The SMILES string of the molecule is N=c1c(O)cn(CC2(c3ccc(Cl)cc3)CC2)nc1C(=O)O. The topological polar surface area (TPSA) is 99.2 Å². The molecule has 0 radical (unpaired) electrons. The number of carboxylic acid groups (broad SMARTS) is 1. The maximum Gasteiger partial charge on any atom is 0.358 e. The highest BCUT2D eigenvalue weighted by molar-refractivity contribution is 6.30. The van der Waals surface area contributed by atoms with Crippen LogP contribution in [0.5, 0.6) is 5.75 Å². The van der Waals surface area contributed by atoms with Gasteiger partial charge in [-0.3, -0.25) is 10.1 Å². The van der Waals surface area contributed by atoms with Crippen LogP contribution in [0, 0.1) is 5.41 Å². The van der Waals surface area contributed by atoms with E-state index in [9.17, 15) is 9.90 Å². The molecule has 6 nitrogen and oxygen atoms in total. The lowest BCUT2D eigenvalue weighted by molar-refractivity contribution is 0.0684. The average molecular weight is 320 g/mol.